The second kappa shape index (κ2) is 23.9. The Balaban J connectivity index is 2.22. The molecule has 0 radical (unpaired) electrons. The van der Waals surface area contributed by atoms with E-state index < -0.39 is 8.60 Å². The summed E-state index contributed by atoms with van der Waals surface area (Å²) in [5, 5.41) is 0. The predicted molar refractivity (Wildman–Crippen MR) is 154 cm³/mol. The highest BCUT2D eigenvalue weighted by Gasteiger charge is 2.18. The van der Waals surface area contributed by atoms with Gasteiger partial charge in [-0.15, -0.1) is 0 Å². The van der Waals surface area contributed by atoms with Gasteiger partial charge < -0.3 is 13.6 Å². The first-order chi connectivity index (χ1) is 17.2. The molecule has 2 atom stereocenters. The fraction of sp³-hybridized carbons (Fsp3) is 0.806. The lowest BCUT2D eigenvalue weighted by atomic mass is 10.0. The van der Waals surface area contributed by atoms with E-state index in [-0.39, 0.29) is 0 Å². The predicted octanol–water partition coefficient (Wildman–Crippen LogP) is 10.7. The van der Waals surface area contributed by atoms with Crippen LogP contribution in [0.2, 0.25) is 0 Å². The molecule has 1 aromatic carbocycles. The van der Waals surface area contributed by atoms with Gasteiger partial charge in [-0.3, -0.25) is 0 Å². The Labute approximate surface area is 220 Å². The molecule has 0 bridgehead atoms. The Morgan fingerprint density at radius 1 is 0.600 bits per heavy atom. The Morgan fingerprint density at radius 3 is 1.63 bits per heavy atom. The second-order valence-corrected chi connectivity index (χ2v) is 11.4. The van der Waals surface area contributed by atoms with Crippen molar-refractivity contribution in [1.82, 2.24) is 0 Å². The summed E-state index contributed by atoms with van der Waals surface area (Å²) in [6, 6.07) is 10.9. The number of benzene rings is 1. The van der Waals surface area contributed by atoms with Gasteiger partial charge in [-0.05, 0) is 49.5 Å². The molecular weight excluding hydrogens is 451 g/mol. The summed E-state index contributed by atoms with van der Waals surface area (Å²) in [6.07, 6.45) is 20.1. The van der Waals surface area contributed by atoms with Crippen molar-refractivity contribution < 1.29 is 13.6 Å². The van der Waals surface area contributed by atoms with Crippen molar-refractivity contribution in [3.63, 3.8) is 0 Å². The van der Waals surface area contributed by atoms with Crippen LogP contribution in [-0.4, -0.2) is 19.8 Å². The minimum atomic E-state index is -1.22. The molecule has 0 heterocycles. The van der Waals surface area contributed by atoms with Gasteiger partial charge in [-0.2, -0.15) is 0 Å². The number of hydrogen-bond acceptors (Lipinski definition) is 3. The summed E-state index contributed by atoms with van der Waals surface area (Å²) in [6.45, 7) is 11.4. The van der Waals surface area contributed by atoms with E-state index in [0.29, 0.717) is 11.8 Å². The molecule has 1 aromatic rings. The third-order valence-electron chi connectivity index (χ3n) is 7.07. The summed E-state index contributed by atoms with van der Waals surface area (Å²) in [5.74, 6) is 1.24. The largest absolute Gasteiger partial charge is 0.332 e. The van der Waals surface area contributed by atoms with Crippen molar-refractivity contribution in [2.24, 2.45) is 11.8 Å². The molecule has 4 heteroatoms. The topological polar surface area (TPSA) is 27.7 Å². The van der Waals surface area contributed by atoms with Gasteiger partial charge in [-0.1, -0.05) is 129 Å². The second-order valence-electron chi connectivity index (χ2n) is 10.2. The van der Waals surface area contributed by atoms with Crippen molar-refractivity contribution in [2.75, 3.05) is 19.8 Å². The van der Waals surface area contributed by atoms with Crippen LogP contribution in [0, 0.1) is 11.8 Å². The molecule has 2 unspecified atom stereocenters. The lowest BCUT2D eigenvalue weighted by molar-refractivity contribution is 0.121. The first-order valence-corrected chi connectivity index (χ1v) is 16.1. The quantitative estimate of drug-likeness (QED) is 0.0971. The summed E-state index contributed by atoms with van der Waals surface area (Å²) >= 11 is 0. The molecular formula is C31H57O3P. The fourth-order valence-electron chi connectivity index (χ4n) is 4.34. The van der Waals surface area contributed by atoms with E-state index >= 15 is 0 Å². The molecule has 0 fully saturated rings. The zero-order chi connectivity index (χ0) is 25.4. The number of unbranched alkanes of at least 4 members (excludes halogenated alkanes) is 8. The lowest BCUT2D eigenvalue weighted by Crippen LogP contribution is -2.11. The molecule has 1 rings (SSSR count). The summed E-state index contributed by atoms with van der Waals surface area (Å²) in [7, 11) is -1.22. The van der Waals surface area contributed by atoms with Crippen molar-refractivity contribution in [1.29, 1.82) is 0 Å². The Morgan fingerprint density at radius 2 is 1.11 bits per heavy atom. The Hall–Kier alpha value is -0.470. The van der Waals surface area contributed by atoms with Crippen LogP contribution in [0.4, 0.5) is 0 Å². The van der Waals surface area contributed by atoms with E-state index in [1.807, 2.05) is 0 Å². The van der Waals surface area contributed by atoms with Gasteiger partial charge in [0.2, 0.25) is 0 Å². The zero-order valence-corrected chi connectivity index (χ0v) is 24.5. The van der Waals surface area contributed by atoms with Gasteiger partial charge in [0.1, 0.15) is 0 Å². The molecule has 0 spiro atoms. The van der Waals surface area contributed by atoms with Gasteiger partial charge in [-0.25, -0.2) is 0 Å². The third kappa shape index (κ3) is 18.4. The van der Waals surface area contributed by atoms with Crippen LogP contribution in [0.5, 0.6) is 0 Å². The smallest absolute Gasteiger partial charge is 0.312 e. The van der Waals surface area contributed by atoms with E-state index in [0.717, 1.165) is 26.2 Å². The molecule has 0 aliphatic rings. The molecule has 0 N–H and O–H groups in total. The lowest BCUT2D eigenvalue weighted by Gasteiger charge is -2.22. The number of hydrogen-bond donors (Lipinski definition) is 0. The maximum Gasteiger partial charge on any atom is 0.332 e. The summed E-state index contributed by atoms with van der Waals surface area (Å²) in [4.78, 5) is 0. The highest BCUT2D eigenvalue weighted by Crippen LogP contribution is 2.42. The molecule has 0 aliphatic heterocycles. The third-order valence-corrected chi connectivity index (χ3v) is 8.18. The van der Waals surface area contributed by atoms with Crippen LogP contribution in [0.25, 0.3) is 0 Å². The maximum atomic E-state index is 6.22. The van der Waals surface area contributed by atoms with E-state index in [2.05, 4.69) is 58.0 Å². The normalized spacial score (nSPS) is 14.2. The van der Waals surface area contributed by atoms with Crippen LogP contribution in [0.15, 0.2) is 30.3 Å². The van der Waals surface area contributed by atoms with Crippen molar-refractivity contribution >= 4 is 8.60 Å². The standard InChI is InChI=1S/C31H57O3P/c1-5-9-21-29(7-3)27-33-35(34-28-30(8-4)22-10-6-2)32-26-20-15-13-11-12-14-17-23-31-24-18-16-19-25-31/h16,18-19,24-25,29-30H,5-15,17,20-23,26-28H2,1-4H3. The van der Waals surface area contributed by atoms with Crippen molar-refractivity contribution in [2.45, 2.75) is 130 Å². The SMILES string of the molecule is CCCCC(CC)COP(OCCCCCCCCCc1ccccc1)OCC(CC)CCCC. The molecule has 0 saturated heterocycles. The summed E-state index contributed by atoms with van der Waals surface area (Å²) in [5.41, 5.74) is 1.47. The Kier molecular flexibility index (Phi) is 22.2. The minimum absolute atomic E-state index is 0.621. The molecule has 0 amide bonds. The Bertz CT molecular complexity index is 533. The molecule has 0 aliphatic carbocycles. The monoisotopic (exact) mass is 508 g/mol. The number of aryl methyl sites for hydroxylation is 1. The molecule has 204 valence electrons. The maximum absolute atomic E-state index is 6.22. The van der Waals surface area contributed by atoms with Crippen LogP contribution in [0.3, 0.4) is 0 Å². The van der Waals surface area contributed by atoms with Crippen LogP contribution >= 0.6 is 8.60 Å². The highest BCUT2D eigenvalue weighted by atomic mass is 31.2. The van der Waals surface area contributed by atoms with E-state index in [9.17, 15) is 0 Å². The first-order valence-electron chi connectivity index (χ1n) is 15.0. The van der Waals surface area contributed by atoms with Gasteiger partial charge in [0, 0.05) is 0 Å². The molecule has 35 heavy (non-hydrogen) atoms. The highest BCUT2D eigenvalue weighted by molar-refractivity contribution is 7.41. The average Bonchev–Trinajstić information content (AvgIpc) is 2.89. The molecule has 0 aromatic heterocycles. The van der Waals surface area contributed by atoms with Gasteiger partial charge >= 0.3 is 8.60 Å². The molecule has 0 saturated carbocycles. The molecule has 3 nitrogen and oxygen atoms in total. The fourth-order valence-corrected chi connectivity index (χ4v) is 5.51. The van der Waals surface area contributed by atoms with Gasteiger partial charge in [0.15, 0.2) is 0 Å². The van der Waals surface area contributed by atoms with E-state index in [1.54, 1.807) is 0 Å². The minimum Gasteiger partial charge on any atom is -0.312 e. The van der Waals surface area contributed by atoms with Crippen LogP contribution < -0.4 is 0 Å². The van der Waals surface area contributed by atoms with Crippen molar-refractivity contribution in [3.05, 3.63) is 35.9 Å². The van der Waals surface area contributed by atoms with Gasteiger partial charge in [0.05, 0.1) is 19.8 Å². The van der Waals surface area contributed by atoms with E-state index in [1.165, 1.54) is 102 Å². The van der Waals surface area contributed by atoms with Crippen molar-refractivity contribution in [3.8, 4) is 0 Å². The average molecular weight is 509 g/mol. The number of rotatable bonds is 25. The van der Waals surface area contributed by atoms with Crippen LogP contribution in [0.1, 0.15) is 130 Å². The van der Waals surface area contributed by atoms with Crippen LogP contribution in [-0.2, 0) is 20.0 Å². The van der Waals surface area contributed by atoms with Gasteiger partial charge in [0.25, 0.3) is 0 Å². The summed E-state index contributed by atoms with van der Waals surface area (Å²) < 4.78 is 18.6. The van der Waals surface area contributed by atoms with E-state index in [4.69, 9.17) is 13.6 Å². The first kappa shape index (κ1) is 32.6. The zero-order valence-electron chi connectivity index (χ0n) is 23.6.